The van der Waals surface area contributed by atoms with Crippen LogP contribution in [0.2, 0.25) is 0 Å². The van der Waals surface area contributed by atoms with Gasteiger partial charge in [0.05, 0.1) is 5.56 Å². The first kappa shape index (κ1) is 21.9. The maximum atomic E-state index is 11.2. The Bertz CT molecular complexity index is 1180. The van der Waals surface area contributed by atoms with E-state index in [1.807, 2.05) is 54.6 Å². The minimum absolute atomic E-state index is 0.257. The van der Waals surface area contributed by atoms with Crippen LogP contribution in [0.5, 0.6) is 17.4 Å². The highest BCUT2D eigenvalue weighted by molar-refractivity contribution is 5.92. The van der Waals surface area contributed by atoms with Crippen LogP contribution in [0.15, 0.2) is 97.2 Å². The molecule has 6 nitrogen and oxygen atoms in total. The van der Waals surface area contributed by atoms with Crippen LogP contribution in [-0.2, 0) is 13.0 Å². The van der Waals surface area contributed by atoms with Gasteiger partial charge >= 0.3 is 0 Å². The first-order valence-corrected chi connectivity index (χ1v) is 10.7. The van der Waals surface area contributed by atoms with Crippen molar-refractivity contribution in [3.8, 4) is 17.4 Å². The fourth-order valence-electron chi connectivity index (χ4n) is 3.46. The number of rotatable bonds is 9. The van der Waals surface area contributed by atoms with E-state index in [9.17, 15) is 9.90 Å². The summed E-state index contributed by atoms with van der Waals surface area (Å²) in [6.07, 6.45) is 2.25. The van der Waals surface area contributed by atoms with E-state index in [2.05, 4.69) is 22.0 Å². The lowest BCUT2D eigenvalue weighted by Gasteiger charge is -2.25. The van der Waals surface area contributed by atoms with Crippen molar-refractivity contribution in [2.45, 2.75) is 13.0 Å². The number of hydrogen-bond donors (Lipinski definition) is 2. The number of phenolic OH excluding ortho intramolecular Hbond substituents is 1. The summed E-state index contributed by atoms with van der Waals surface area (Å²) in [5.74, 6) is 0.798. The number of hydrogen-bond acceptors (Lipinski definition) is 5. The van der Waals surface area contributed by atoms with Gasteiger partial charge in [0.15, 0.2) is 0 Å². The number of pyridine rings is 1. The molecule has 0 atom stereocenters. The fourth-order valence-corrected chi connectivity index (χ4v) is 3.46. The maximum Gasteiger partial charge on any atom is 0.250 e. The lowest BCUT2D eigenvalue weighted by molar-refractivity contribution is 0.1000. The van der Waals surface area contributed by atoms with Crippen molar-refractivity contribution in [3.63, 3.8) is 0 Å². The van der Waals surface area contributed by atoms with Crippen LogP contribution < -0.4 is 15.4 Å². The first-order chi connectivity index (χ1) is 16.1. The number of aromatic hydroxyl groups is 1. The minimum Gasteiger partial charge on any atom is -0.508 e. The van der Waals surface area contributed by atoms with Gasteiger partial charge in [0, 0.05) is 31.0 Å². The molecule has 0 aliphatic carbocycles. The number of nitrogens with zero attached hydrogens (tertiary/aromatic N) is 2. The Hall–Kier alpha value is -4.32. The van der Waals surface area contributed by atoms with Crippen molar-refractivity contribution < 1.29 is 14.6 Å². The van der Waals surface area contributed by atoms with Crippen LogP contribution in [0, 0.1) is 0 Å². The zero-order chi connectivity index (χ0) is 23.0. The molecule has 4 aromatic rings. The topological polar surface area (TPSA) is 88.7 Å². The van der Waals surface area contributed by atoms with Crippen molar-refractivity contribution >= 4 is 11.6 Å². The van der Waals surface area contributed by atoms with E-state index in [1.54, 1.807) is 24.3 Å². The number of carbonyl (C=O) groups is 1. The zero-order valence-corrected chi connectivity index (χ0v) is 18.1. The Morgan fingerprint density at radius 1 is 0.879 bits per heavy atom. The van der Waals surface area contributed by atoms with Gasteiger partial charge in [-0.2, -0.15) is 0 Å². The number of primary amides is 1. The summed E-state index contributed by atoms with van der Waals surface area (Å²) in [5.41, 5.74) is 9.04. The largest absolute Gasteiger partial charge is 0.508 e. The Labute approximate surface area is 192 Å². The number of phenols is 1. The van der Waals surface area contributed by atoms with E-state index in [0.717, 1.165) is 25.2 Å². The summed E-state index contributed by atoms with van der Waals surface area (Å²) >= 11 is 0. The predicted molar refractivity (Wildman–Crippen MR) is 129 cm³/mol. The molecule has 0 saturated carbocycles. The van der Waals surface area contributed by atoms with Crippen molar-refractivity contribution in [1.29, 1.82) is 0 Å². The third-order valence-electron chi connectivity index (χ3n) is 5.27. The molecule has 0 unspecified atom stereocenters. The summed E-state index contributed by atoms with van der Waals surface area (Å²) < 4.78 is 5.76. The molecule has 1 aromatic heterocycles. The van der Waals surface area contributed by atoms with Gasteiger partial charge in [-0.05, 0) is 60.0 Å². The Balaban J connectivity index is 1.40. The van der Waals surface area contributed by atoms with Gasteiger partial charge < -0.3 is 20.5 Å². The number of ether oxygens (including phenoxy) is 1. The predicted octanol–water partition coefficient (Wildman–Crippen LogP) is 4.93. The van der Waals surface area contributed by atoms with Crippen molar-refractivity contribution in [2.75, 3.05) is 11.4 Å². The van der Waals surface area contributed by atoms with Gasteiger partial charge in [0.2, 0.25) is 11.8 Å². The van der Waals surface area contributed by atoms with Crippen molar-refractivity contribution in [3.05, 3.63) is 114 Å². The number of anilines is 1. The second-order valence-electron chi connectivity index (χ2n) is 7.67. The highest BCUT2D eigenvalue weighted by Crippen LogP contribution is 2.23. The lowest BCUT2D eigenvalue weighted by atomic mass is 10.1. The molecule has 0 spiro atoms. The van der Waals surface area contributed by atoms with Crippen LogP contribution in [0.3, 0.4) is 0 Å². The van der Waals surface area contributed by atoms with E-state index in [1.165, 1.54) is 17.3 Å². The number of amides is 1. The molecule has 1 heterocycles. The van der Waals surface area contributed by atoms with Gasteiger partial charge in [-0.3, -0.25) is 4.79 Å². The van der Waals surface area contributed by atoms with Gasteiger partial charge in [-0.15, -0.1) is 0 Å². The van der Waals surface area contributed by atoms with Gasteiger partial charge in [0.1, 0.15) is 11.5 Å². The minimum atomic E-state index is -0.521. The molecule has 0 saturated heterocycles. The van der Waals surface area contributed by atoms with Gasteiger partial charge in [-0.25, -0.2) is 4.98 Å². The smallest absolute Gasteiger partial charge is 0.250 e. The summed E-state index contributed by atoms with van der Waals surface area (Å²) in [6, 6.07) is 28.7. The molecule has 4 rings (SSSR count). The summed E-state index contributed by atoms with van der Waals surface area (Å²) in [5, 5.41) is 9.65. The first-order valence-electron chi connectivity index (χ1n) is 10.7. The van der Waals surface area contributed by atoms with E-state index >= 15 is 0 Å². The number of nitrogens with two attached hydrogens (primary N) is 1. The van der Waals surface area contributed by atoms with Crippen LogP contribution in [-0.4, -0.2) is 22.5 Å². The highest BCUT2D eigenvalue weighted by atomic mass is 16.5. The monoisotopic (exact) mass is 439 g/mol. The zero-order valence-electron chi connectivity index (χ0n) is 18.1. The molecule has 33 heavy (non-hydrogen) atoms. The molecule has 0 bridgehead atoms. The van der Waals surface area contributed by atoms with Crippen molar-refractivity contribution in [2.24, 2.45) is 5.73 Å². The van der Waals surface area contributed by atoms with Crippen LogP contribution >= 0.6 is 0 Å². The number of aromatic nitrogens is 1. The molecule has 0 radical (unpaired) electrons. The third-order valence-corrected chi connectivity index (χ3v) is 5.27. The average molecular weight is 440 g/mol. The Morgan fingerprint density at radius 3 is 2.24 bits per heavy atom. The molecule has 6 heteroatoms. The van der Waals surface area contributed by atoms with Crippen LogP contribution in [0.1, 0.15) is 21.5 Å². The summed E-state index contributed by atoms with van der Waals surface area (Å²) in [6.45, 7) is 1.59. The maximum absolute atomic E-state index is 11.2. The second kappa shape index (κ2) is 10.3. The molecule has 0 aliphatic heterocycles. The summed E-state index contributed by atoms with van der Waals surface area (Å²) in [7, 11) is 0. The highest BCUT2D eigenvalue weighted by Gasteiger charge is 2.09. The number of carbonyl (C=O) groups excluding carboxylic acids is 1. The third kappa shape index (κ3) is 6.11. The standard InChI is InChI=1S/C27H25N3O3/c28-27(32)22-8-15-26(29-18-22)33-25-13-6-20(7-14-25)16-17-30(19-21-4-2-1-3-5-21)23-9-11-24(31)12-10-23/h1-15,18,31H,16-17,19H2,(H2,28,32). The van der Waals surface area contributed by atoms with E-state index in [4.69, 9.17) is 10.5 Å². The second-order valence-corrected chi connectivity index (χ2v) is 7.67. The van der Waals surface area contributed by atoms with Gasteiger partial charge in [0.25, 0.3) is 0 Å². The Morgan fingerprint density at radius 2 is 1.61 bits per heavy atom. The molecule has 0 aliphatic rings. The SMILES string of the molecule is NC(=O)c1ccc(Oc2ccc(CCN(Cc3ccccc3)c3ccc(O)cc3)cc2)nc1. The molecular formula is C27H25N3O3. The molecule has 3 N–H and O–H groups in total. The Kier molecular flexibility index (Phi) is 6.85. The molecule has 0 fully saturated rings. The van der Waals surface area contributed by atoms with Gasteiger partial charge in [-0.1, -0.05) is 42.5 Å². The molecule has 166 valence electrons. The molecule has 3 aromatic carbocycles. The normalized spacial score (nSPS) is 10.5. The fraction of sp³-hybridized carbons (Fsp3) is 0.111. The van der Waals surface area contributed by atoms with Crippen LogP contribution in [0.25, 0.3) is 0 Å². The van der Waals surface area contributed by atoms with E-state index in [-0.39, 0.29) is 5.75 Å². The van der Waals surface area contributed by atoms with E-state index in [0.29, 0.717) is 17.2 Å². The van der Waals surface area contributed by atoms with Crippen molar-refractivity contribution in [1.82, 2.24) is 4.98 Å². The molecular weight excluding hydrogens is 414 g/mol. The average Bonchev–Trinajstić information content (AvgIpc) is 2.84. The quantitative estimate of drug-likeness (QED) is 0.386. The lowest BCUT2D eigenvalue weighted by Crippen LogP contribution is -2.25. The number of benzene rings is 3. The molecule has 1 amide bonds. The summed E-state index contributed by atoms with van der Waals surface area (Å²) in [4.78, 5) is 17.6. The van der Waals surface area contributed by atoms with E-state index < -0.39 is 5.91 Å². The van der Waals surface area contributed by atoms with Crippen LogP contribution in [0.4, 0.5) is 5.69 Å².